The van der Waals surface area contributed by atoms with Crippen molar-refractivity contribution in [3.8, 4) is 0 Å². The van der Waals surface area contributed by atoms with E-state index in [1.54, 1.807) is 30.7 Å². The summed E-state index contributed by atoms with van der Waals surface area (Å²) in [5.41, 5.74) is 1.55. The Hall–Kier alpha value is -1.94. The summed E-state index contributed by atoms with van der Waals surface area (Å²) in [6.45, 7) is 0. The molecule has 1 aromatic carbocycles. The van der Waals surface area contributed by atoms with E-state index in [2.05, 4.69) is 26.2 Å². The van der Waals surface area contributed by atoms with Crippen molar-refractivity contribution in [1.29, 1.82) is 0 Å². The molecule has 0 aliphatic carbocycles. The van der Waals surface area contributed by atoms with Crippen LogP contribution in [-0.4, -0.2) is 10.8 Å². The number of hydrogen-bond donors (Lipinski definition) is 1. The average Bonchev–Trinajstić information content (AvgIpc) is 2.42. The van der Waals surface area contributed by atoms with E-state index in [0.29, 0.717) is 5.56 Å². The summed E-state index contributed by atoms with van der Waals surface area (Å²) in [5, 5.41) is 3.03. The highest BCUT2D eigenvalue weighted by atomic mass is 79.9. The van der Waals surface area contributed by atoms with Gasteiger partial charge in [-0.05, 0) is 36.4 Å². The fourth-order valence-electron chi connectivity index (χ4n) is 1.37. The van der Waals surface area contributed by atoms with Gasteiger partial charge < -0.3 is 5.32 Å². The van der Waals surface area contributed by atoms with Gasteiger partial charge in [-0.15, -0.1) is 0 Å². The van der Waals surface area contributed by atoms with Crippen molar-refractivity contribution in [1.82, 2.24) is 4.98 Å². The van der Waals surface area contributed by atoms with Gasteiger partial charge in [0.2, 0.25) is 0 Å². The smallest absolute Gasteiger partial charge is 0.187 e. The molecule has 90 valence electrons. The molecular formula is C14H11BrN2O. The highest BCUT2D eigenvalue weighted by Crippen LogP contribution is 2.13. The molecular weight excluding hydrogens is 292 g/mol. The van der Waals surface area contributed by atoms with Crippen molar-refractivity contribution in [2.45, 2.75) is 0 Å². The lowest BCUT2D eigenvalue weighted by atomic mass is 10.2. The normalized spacial score (nSPS) is 10.5. The number of ketones is 1. The first kappa shape index (κ1) is 12.5. The van der Waals surface area contributed by atoms with Crippen molar-refractivity contribution < 1.29 is 4.79 Å². The summed E-state index contributed by atoms with van der Waals surface area (Å²) in [4.78, 5) is 15.6. The number of nitrogens with one attached hydrogen (secondary N) is 1. The van der Waals surface area contributed by atoms with Crippen LogP contribution in [0.4, 0.5) is 5.69 Å². The van der Waals surface area contributed by atoms with E-state index in [1.165, 1.54) is 6.08 Å². The molecule has 0 unspecified atom stereocenters. The number of carbonyl (C=O) groups excluding carboxylic acids is 1. The van der Waals surface area contributed by atoms with Gasteiger partial charge in [-0.1, -0.05) is 15.9 Å². The lowest BCUT2D eigenvalue weighted by Gasteiger charge is -2.00. The van der Waals surface area contributed by atoms with Gasteiger partial charge in [0.15, 0.2) is 5.78 Å². The Labute approximate surface area is 114 Å². The molecule has 0 aliphatic heterocycles. The van der Waals surface area contributed by atoms with Crippen LogP contribution in [0.3, 0.4) is 0 Å². The first-order valence-corrected chi connectivity index (χ1v) is 6.18. The number of rotatable bonds is 4. The van der Waals surface area contributed by atoms with Gasteiger partial charge in [0.05, 0.1) is 0 Å². The second kappa shape index (κ2) is 6.12. The van der Waals surface area contributed by atoms with E-state index in [4.69, 9.17) is 0 Å². The van der Waals surface area contributed by atoms with E-state index in [9.17, 15) is 4.79 Å². The minimum absolute atomic E-state index is 0.0537. The van der Waals surface area contributed by atoms with Crippen LogP contribution in [-0.2, 0) is 0 Å². The Morgan fingerprint density at radius 1 is 1.11 bits per heavy atom. The first-order valence-electron chi connectivity index (χ1n) is 5.39. The van der Waals surface area contributed by atoms with Gasteiger partial charge in [0, 0.05) is 40.4 Å². The molecule has 18 heavy (non-hydrogen) atoms. The quantitative estimate of drug-likeness (QED) is 0.692. The molecule has 0 amide bonds. The Morgan fingerprint density at radius 3 is 2.44 bits per heavy atom. The number of aromatic nitrogens is 1. The highest BCUT2D eigenvalue weighted by Gasteiger charge is 1.99. The summed E-state index contributed by atoms with van der Waals surface area (Å²) < 4.78 is 1.02. The van der Waals surface area contributed by atoms with Crippen molar-refractivity contribution >= 4 is 27.4 Å². The van der Waals surface area contributed by atoms with Gasteiger partial charge in [0.25, 0.3) is 0 Å². The molecule has 0 fully saturated rings. The molecule has 0 bridgehead atoms. The molecule has 0 atom stereocenters. The monoisotopic (exact) mass is 302 g/mol. The van der Waals surface area contributed by atoms with Crippen LogP contribution in [0.15, 0.2) is 65.5 Å². The topological polar surface area (TPSA) is 42.0 Å². The van der Waals surface area contributed by atoms with Crippen LogP contribution < -0.4 is 5.32 Å². The number of benzene rings is 1. The van der Waals surface area contributed by atoms with Gasteiger partial charge in [-0.25, -0.2) is 0 Å². The molecule has 0 spiro atoms. The van der Waals surface area contributed by atoms with Crippen LogP contribution in [0, 0.1) is 0 Å². The number of carbonyl (C=O) groups is 1. The Kier molecular flexibility index (Phi) is 4.25. The molecule has 0 radical (unpaired) electrons. The molecule has 1 N–H and O–H groups in total. The fourth-order valence-corrected chi connectivity index (χ4v) is 1.64. The standard InChI is InChI=1S/C14H11BrN2O/c15-12-1-3-13(4-2-12)17-10-7-14(18)11-5-8-16-9-6-11/h1-10,17H/b10-7-. The Morgan fingerprint density at radius 2 is 1.78 bits per heavy atom. The third kappa shape index (κ3) is 3.53. The van der Waals surface area contributed by atoms with Gasteiger partial charge in [-0.2, -0.15) is 0 Å². The predicted molar refractivity (Wildman–Crippen MR) is 75.5 cm³/mol. The van der Waals surface area contributed by atoms with Crippen molar-refractivity contribution in [3.05, 3.63) is 71.1 Å². The number of pyridine rings is 1. The molecule has 2 rings (SSSR count). The molecule has 2 aromatic rings. The molecule has 0 aliphatic rings. The SMILES string of the molecule is O=C(/C=C\Nc1ccc(Br)cc1)c1ccncc1. The van der Waals surface area contributed by atoms with Crippen LogP contribution in [0.1, 0.15) is 10.4 Å². The maximum Gasteiger partial charge on any atom is 0.187 e. The average molecular weight is 303 g/mol. The summed E-state index contributed by atoms with van der Waals surface area (Å²) in [6, 6.07) is 11.1. The third-order valence-electron chi connectivity index (χ3n) is 2.29. The summed E-state index contributed by atoms with van der Waals surface area (Å²) in [6.07, 6.45) is 6.33. The number of hydrogen-bond acceptors (Lipinski definition) is 3. The fraction of sp³-hybridized carbons (Fsp3) is 0. The molecule has 1 aromatic heterocycles. The van der Waals surface area contributed by atoms with E-state index in [-0.39, 0.29) is 5.78 Å². The van der Waals surface area contributed by atoms with E-state index in [0.717, 1.165) is 10.2 Å². The highest BCUT2D eigenvalue weighted by molar-refractivity contribution is 9.10. The zero-order chi connectivity index (χ0) is 12.8. The van der Waals surface area contributed by atoms with Crippen LogP contribution in [0.25, 0.3) is 0 Å². The van der Waals surface area contributed by atoms with Gasteiger partial charge >= 0.3 is 0 Å². The number of allylic oxidation sites excluding steroid dienone is 1. The van der Waals surface area contributed by atoms with Crippen molar-refractivity contribution in [2.75, 3.05) is 5.32 Å². The largest absolute Gasteiger partial charge is 0.362 e. The number of nitrogens with zero attached hydrogens (tertiary/aromatic N) is 1. The lowest BCUT2D eigenvalue weighted by molar-refractivity contribution is 0.104. The Bertz CT molecular complexity index is 550. The second-order valence-electron chi connectivity index (χ2n) is 3.58. The van der Waals surface area contributed by atoms with Crippen molar-refractivity contribution in [2.24, 2.45) is 0 Å². The third-order valence-corrected chi connectivity index (χ3v) is 2.82. The molecule has 0 saturated carbocycles. The summed E-state index contributed by atoms with van der Waals surface area (Å²) in [5.74, 6) is -0.0537. The number of halogens is 1. The van der Waals surface area contributed by atoms with E-state index in [1.807, 2.05) is 24.3 Å². The molecule has 4 heteroatoms. The zero-order valence-electron chi connectivity index (χ0n) is 9.51. The van der Waals surface area contributed by atoms with E-state index < -0.39 is 0 Å². The maximum absolute atomic E-state index is 11.7. The first-order chi connectivity index (χ1) is 8.75. The maximum atomic E-state index is 11.7. The predicted octanol–water partition coefficient (Wildman–Crippen LogP) is 3.65. The minimum atomic E-state index is -0.0537. The molecule has 1 heterocycles. The molecule has 3 nitrogen and oxygen atoms in total. The Balaban J connectivity index is 1.96. The second-order valence-corrected chi connectivity index (χ2v) is 4.50. The van der Waals surface area contributed by atoms with Crippen molar-refractivity contribution in [3.63, 3.8) is 0 Å². The zero-order valence-corrected chi connectivity index (χ0v) is 11.1. The van der Waals surface area contributed by atoms with Crippen LogP contribution >= 0.6 is 15.9 Å². The van der Waals surface area contributed by atoms with E-state index >= 15 is 0 Å². The van der Waals surface area contributed by atoms with Gasteiger partial charge in [-0.3, -0.25) is 9.78 Å². The van der Waals surface area contributed by atoms with Crippen LogP contribution in [0.5, 0.6) is 0 Å². The van der Waals surface area contributed by atoms with Crippen LogP contribution in [0.2, 0.25) is 0 Å². The van der Waals surface area contributed by atoms with Gasteiger partial charge in [0.1, 0.15) is 0 Å². The summed E-state index contributed by atoms with van der Waals surface area (Å²) >= 11 is 3.36. The summed E-state index contributed by atoms with van der Waals surface area (Å²) in [7, 11) is 0. The minimum Gasteiger partial charge on any atom is -0.362 e. The lowest BCUT2D eigenvalue weighted by Crippen LogP contribution is -1.96. The molecule has 0 saturated heterocycles. The number of anilines is 1.